The van der Waals surface area contributed by atoms with Crippen LogP contribution < -0.4 is 5.32 Å². The van der Waals surface area contributed by atoms with Crippen molar-refractivity contribution in [2.24, 2.45) is 23.2 Å². The fourth-order valence-electron chi connectivity index (χ4n) is 5.99. The van der Waals surface area contributed by atoms with E-state index in [1.165, 1.54) is 49.9 Å². The van der Waals surface area contributed by atoms with Gasteiger partial charge in [-0.3, -0.25) is 4.79 Å². The van der Waals surface area contributed by atoms with Crippen LogP contribution in [0.3, 0.4) is 0 Å². The molecule has 4 nitrogen and oxygen atoms in total. The van der Waals surface area contributed by atoms with Crippen LogP contribution in [-0.4, -0.2) is 16.1 Å². The number of amides is 1. The predicted octanol–water partition coefficient (Wildman–Crippen LogP) is 5.51. The monoisotopic (exact) mass is 431 g/mol. The van der Waals surface area contributed by atoms with Crippen LogP contribution in [0.4, 0.5) is 5.13 Å². The molecule has 0 aliphatic heterocycles. The summed E-state index contributed by atoms with van der Waals surface area (Å²) in [4.78, 5) is 12.7. The number of carbonyl (C=O) groups excluding carboxylic acids is 1. The molecule has 6 heteroatoms. The first kappa shape index (κ1) is 16.9. The molecule has 0 unspecified atom stereocenters. The number of nitrogens with one attached hydrogen (secondary N) is 1. The van der Waals surface area contributed by atoms with Crippen molar-refractivity contribution in [2.75, 3.05) is 5.32 Å². The van der Waals surface area contributed by atoms with Crippen molar-refractivity contribution in [1.29, 1.82) is 0 Å². The zero-order valence-corrected chi connectivity index (χ0v) is 17.0. The first-order valence-corrected chi connectivity index (χ1v) is 11.1. The van der Waals surface area contributed by atoms with E-state index in [4.69, 9.17) is 0 Å². The van der Waals surface area contributed by atoms with Gasteiger partial charge >= 0.3 is 0 Å². The number of anilines is 1. The molecule has 4 aliphatic rings. The van der Waals surface area contributed by atoms with Crippen molar-refractivity contribution >= 4 is 38.3 Å². The quantitative estimate of drug-likeness (QED) is 0.693. The molecule has 0 atom stereocenters. The third-order valence-electron chi connectivity index (χ3n) is 6.46. The van der Waals surface area contributed by atoms with Crippen LogP contribution in [-0.2, 0) is 4.79 Å². The molecule has 26 heavy (non-hydrogen) atoms. The molecule has 6 rings (SSSR count). The molecule has 1 heterocycles. The van der Waals surface area contributed by atoms with E-state index >= 15 is 0 Å². The molecule has 1 aromatic heterocycles. The standard InChI is InChI=1S/C20H22BrN3OS/c21-16-3-1-15(2-4-16)18-23-24-19(26-18)22-17(25)11-20-8-12-5-13(9-20)7-14(6-12)10-20/h1-4,12-14H,5-11H2,(H,22,24,25). The third kappa shape index (κ3) is 3.22. The largest absolute Gasteiger partial charge is 0.301 e. The zero-order valence-electron chi connectivity index (χ0n) is 14.6. The second-order valence-corrected chi connectivity index (χ2v) is 10.5. The van der Waals surface area contributed by atoms with Crippen molar-refractivity contribution in [3.05, 3.63) is 28.7 Å². The van der Waals surface area contributed by atoms with Gasteiger partial charge in [0.2, 0.25) is 11.0 Å². The van der Waals surface area contributed by atoms with Gasteiger partial charge in [-0.25, -0.2) is 0 Å². The van der Waals surface area contributed by atoms with Gasteiger partial charge in [0.15, 0.2) is 0 Å². The van der Waals surface area contributed by atoms with Crippen molar-refractivity contribution in [1.82, 2.24) is 10.2 Å². The molecule has 0 saturated heterocycles. The Morgan fingerprint density at radius 2 is 1.69 bits per heavy atom. The van der Waals surface area contributed by atoms with Crippen LogP contribution in [0.2, 0.25) is 0 Å². The summed E-state index contributed by atoms with van der Waals surface area (Å²) in [6, 6.07) is 7.99. The molecule has 4 saturated carbocycles. The number of nitrogens with zero attached hydrogens (tertiary/aromatic N) is 2. The van der Waals surface area contributed by atoms with Crippen molar-refractivity contribution in [2.45, 2.75) is 44.9 Å². The Morgan fingerprint density at radius 3 is 2.31 bits per heavy atom. The molecule has 0 radical (unpaired) electrons. The maximum atomic E-state index is 12.7. The van der Waals surface area contributed by atoms with Crippen molar-refractivity contribution in [3.63, 3.8) is 0 Å². The molecule has 1 amide bonds. The Balaban J connectivity index is 1.26. The number of halogens is 1. The third-order valence-corrected chi connectivity index (χ3v) is 7.88. The molecular formula is C20H22BrN3OS. The van der Waals surface area contributed by atoms with Crippen LogP contribution in [0.1, 0.15) is 44.9 Å². The van der Waals surface area contributed by atoms with Gasteiger partial charge in [-0.05, 0) is 73.8 Å². The first-order valence-electron chi connectivity index (χ1n) is 9.46. The van der Waals surface area contributed by atoms with Crippen molar-refractivity contribution in [3.8, 4) is 10.6 Å². The smallest absolute Gasteiger partial charge is 0.226 e. The summed E-state index contributed by atoms with van der Waals surface area (Å²) in [5, 5.41) is 12.9. The summed E-state index contributed by atoms with van der Waals surface area (Å²) >= 11 is 4.88. The summed E-state index contributed by atoms with van der Waals surface area (Å²) in [6.07, 6.45) is 8.66. The van der Waals surface area contributed by atoms with Gasteiger partial charge in [0, 0.05) is 16.5 Å². The highest BCUT2D eigenvalue weighted by Crippen LogP contribution is 2.61. The van der Waals surface area contributed by atoms with Gasteiger partial charge in [0.1, 0.15) is 5.01 Å². The molecule has 136 valence electrons. The summed E-state index contributed by atoms with van der Waals surface area (Å²) in [6.45, 7) is 0. The molecule has 0 spiro atoms. The minimum Gasteiger partial charge on any atom is -0.301 e. The Bertz CT molecular complexity index is 797. The highest BCUT2D eigenvalue weighted by molar-refractivity contribution is 9.10. The topological polar surface area (TPSA) is 54.9 Å². The predicted molar refractivity (Wildman–Crippen MR) is 107 cm³/mol. The van der Waals surface area contributed by atoms with E-state index in [-0.39, 0.29) is 11.3 Å². The lowest BCUT2D eigenvalue weighted by atomic mass is 9.49. The summed E-state index contributed by atoms with van der Waals surface area (Å²) in [5.74, 6) is 2.74. The Morgan fingerprint density at radius 1 is 1.08 bits per heavy atom. The van der Waals surface area contributed by atoms with Crippen LogP contribution in [0.15, 0.2) is 28.7 Å². The normalized spacial score (nSPS) is 32.0. The van der Waals surface area contributed by atoms with E-state index in [0.29, 0.717) is 11.6 Å². The van der Waals surface area contributed by atoms with Gasteiger partial charge < -0.3 is 5.32 Å². The lowest BCUT2D eigenvalue weighted by Crippen LogP contribution is -2.47. The molecule has 4 fully saturated rings. The first-order chi connectivity index (χ1) is 12.6. The van der Waals surface area contributed by atoms with Crippen LogP contribution in [0.5, 0.6) is 0 Å². The minimum absolute atomic E-state index is 0.116. The van der Waals surface area contributed by atoms with Gasteiger partial charge in [-0.2, -0.15) is 0 Å². The lowest BCUT2D eigenvalue weighted by Gasteiger charge is -2.56. The summed E-state index contributed by atoms with van der Waals surface area (Å²) < 4.78 is 1.04. The number of benzene rings is 1. The fraction of sp³-hybridized carbons (Fsp3) is 0.550. The highest BCUT2D eigenvalue weighted by Gasteiger charge is 2.51. The number of aromatic nitrogens is 2. The molecule has 4 bridgehead atoms. The van der Waals surface area contributed by atoms with Crippen LogP contribution in [0, 0.1) is 23.2 Å². The lowest BCUT2D eigenvalue weighted by molar-refractivity contribution is -0.124. The number of hydrogen-bond donors (Lipinski definition) is 1. The SMILES string of the molecule is O=C(CC12CC3CC(CC(C3)C1)C2)Nc1nnc(-c2ccc(Br)cc2)s1. The maximum Gasteiger partial charge on any atom is 0.226 e. The maximum absolute atomic E-state index is 12.7. The van der Waals surface area contributed by atoms with Crippen molar-refractivity contribution < 1.29 is 4.79 Å². The number of rotatable bonds is 4. The Hall–Kier alpha value is -1.27. The molecule has 4 aliphatic carbocycles. The molecular weight excluding hydrogens is 410 g/mol. The highest BCUT2D eigenvalue weighted by atomic mass is 79.9. The van der Waals surface area contributed by atoms with E-state index in [9.17, 15) is 4.79 Å². The number of hydrogen-bond acceptors (Lipinski definition) is 4. The fourth-order valence-corrected chi connectivity index (χ4v) is 7.02. The van der Waals surface area contributed by atoms with Gasteiger partial charge in [-0.1, -0.05) is 39.4 Å². The summed E-state index contributed by atoms with van der Waals surface area (Å²) in [5.41, 5.74) is 1.28. The van der Waals surface area contributed by atoms with E-state index in [1.807, 2.05) is 24.3 Å². The van der Waals surface area contributed by atoms with E-state index in [2.05, 4.69) is 31.4 Å². The second kappa shape index (κ2) is 6.41. The van der Waals surface area contributed by atoms with Gasteiger partial charge in [0.25, 0.3) is 0 Å². The van der Waals surface area contributed by atoms with E-state index in [0.717, 1.165) is 32.8 Å². The van der Waals surface area contributed by atoms with Crippen LogP contribution in [0.25, 0.3) is 10.6 Å². The van der Waals surface area contributed by atoms with E-state index < -0.39 is 0 Å². The summed E-state index contributed by atoms with van der Waals surface area (Å²) in [7, 11) is 0. The minimum atomic E-state index is 0.116. The number of carbonyl (C=O) groups is 1. The molecule has 1 aromatic carbocycles. The van der Waals surface area contributed by atoms with E-state index in [1.54, 1.807) is 0 Å². The Labute approximate surface area is 165 Å². The average molecular weight is 432 g/mol. The average Bonchev–Trinajstić information content (AvgIpc) is 3.02. The zero-order chi connectivity index (χ0) is 17.7. The van der Waals surface area contributed by atoms with Gasteiger partial charge in [0.05, 0.1) is 0 Å². The molecule has 1 N–H and O–H groups in total. The Kier molecular flexibility index (Phi) is 4.16. The second-order valence-electron chi connectivity index (χ2n) is 8.56. The van der Waals surface area contributed by atoms with Gasteiger partial charge in [-0.15, -0.1) is 10.2 Å². The van der Waals surface area contributed by atoms with Crippen LogP contribution >= 0.6 is 27.3 Å². The molecule has 2 aromatic rings.